The van der Waals surface area contributed by atoms with Crippen LogP contribution in [0.4, 0.5) is 0 Å². The predicted molar refractivity (Wildman–Crippen MR) is 127 cm³/mol. The van der Waals surface area contributed by atoms with E-state index in [1.54, 1.807) is 43.5 Å². The molecule has 0 N–H and O–H groups in total. The summed E-state index contributed by atoms with van der Waals surface area (Å²) in [5, 5.41) is 12.2. The van der Waals surface area contributed by atoms with Crippen LogP contribution in [0.5, 0.6) is 11.5 Å². The van der Waals surface area contributed by atoms with Gasteiger partial charge >= 0.3 is 0 Å². The van der Waals surface area contributed by atoms with Crippen LogP contribution in [0.3, 0.4) is 0 Å². The summed E-state index contributed by atoms with van der Waals surface area (Å²) in [5.74, 6) is 1.43. The van der Waals surface area contributed by atoms with Gasteiger partial charge < -0.3 is 14.4 Å². The van der Waals surface area contributed by atoms with Crippen molar-refractivity contribution in [2.45, 2.75) is 6.42 Å². The second-order valence-electron chi connectivity index (χ2n) is 7.60. The van der Waals surface area contributed by atoms with E-state index in [9.17, 15) is 10.1 Å². The smallest absolute Gasteiger partial charge is 0.284 e. The first-order valence-electron chi connectivity index (χ1n) is 10.5. The van der Waals surface area contributed by atoms with Crippen LogP contribution in [-0.4, -0.2) is 44.2 Å². The summed E-state index contributed by atoms with van der Waals surface area (Å²) in [6, 6.07) is 23.7. The van der Waals surface area contributed by atoms with E-state index in [4.69, 9.17) is 9.47 Å². The van der Waals surface area contributed by atoms with Crippen LogP contribution in [0.1, 0.15) is 23.1 Å². The van der Waals surface area contributed by atoms with Crippen LogP contribution in [0.2, 0.25) is 0 Å². The van der Waals surface area contributed by atoms with Gasteiger partial charge in [0.2, 0.25) is 0 Å². The number of hydrogen-bond acceptors (Lipinski definition) is 5. The lowest BCUT2D eigenvalue weighted by Crippen LogP contribution is -2.15. The lowest BCUT2D eigenvalue weighted by atomic mass is 9.93. The maximum atomic E-state index is 12.2. The van der Waals surface area contributed by atoms with E-state index in [1.165, 1.54) is 0 Å². The van der Waals surface area contributed by atoms with Crippen molar-refractivity contribution in [2.75, 3.05) is 34.4 Å². The van der Waals surface area contributed by atoms with Crippen molar-refractivity contribution in [3.63, 3.8) is 0 Å². The molecule has 0 aliphatic rings. The summed E-state index contributed by atoms with van der Waals surface area (Å²) < 4.78 is 11.1. The minimum atomic E-state index is -0.319. The third-order valence-electron chi connectivity index (χ3n) is 5.01. The molecule has 0 saturated carbocycles. The van der Waals surface area contributed by atoms with Gasteiger partial charge in [-0.25, -0.2) is 0 Å². The average Bonchev–Trinajstić information content (AvgIpc) is 2.81. The fourth-order valence-corrected chi connectivity index (χ4v) is 3.42. The molecule has 6 heteroatoms. The molecule has 0 aromatic heterocycles. The van der Waals surface area contributed by atoms with E-state index >= 15 is 0 Å². The van der Waals surface area contributed by atoms with Gasteiger partial charge in [-0.05, 0) is 68.0 Å². The second kappa shape index (κ2) is 11.1. The summed E-state index contributed by atoms with van der Waals surface area (Å²) in [5.41, 5.74) is 2.62. The van der Waals surface area contributed by atoms with Gasteiger partial charge in [0.25, 0.3) is 5.70 Å². The van der Waals surface area contributed by atoms with Gasteiger partial charge in [-0.15, -0.1) is 0 Å². The molecule has 0 atom stereocenters. The summed E-state index contributed by atoms with van der Waals surface area (Å²) in [6.07, 6.45) is 0.922. The highest BCUT2D eigenvalue weighted by Crippen LogP contribution is 2.34. The molecule has 0 aliphatic heterocycles. The Balaban J connectivity index is 2.02. The molecule has 6 nitrogen and oxygen atoms in total. The first kappa shape index (κ1) is 23.0. The standard InChI is InChI=1S/C26H28N2O4/c1-27(2)18-7-19-32-24-16-12-21(13-17-24)25(20-10-14-23(31-3)15-11-20)26(28(29)30)22-8-5-4-6-9-22/h4-6,8-17H,7,18-19H2,1-3H3/b26-25-. The van der Waals surface area contributed by atoms with Crippen LogP contribution in [0.25, 0.3) is 11.3 Å². The Morgan fingerprint density at radius 1 is 0.844 bits per heavy atom. The minimum Gasteiger partial charge on any atom is -0.497 e. The molecular weight excluding hydrogens is 404 g/mol. The molecule has 3 aromatic rings. The van der Waals surface area contributed by atoms with Gasteiger partial charge in [-0.3, -0.25) is 10.1 Å². The van der Waals surface area contributed by atoms with Crippen molar-refractivity contribution in [1.82, 2.24) is 4.90 Å². The van der Waals surface area contributed by atoms with Crippen molar-refractivity contribution in [1.29, 1.82) is 0 Å². The van der Waals surface area contributed by atoms with Crippen molar-refractivity contribution < 1.29 is 14.4 Å². The second-order valence-corrected chi connectivity index (χ2v) is 7.60. The van der Waals surface area contributed by atoms with E-state index in [0.29, 0.717) is 23.5 Å². The zero-order valence-corrected chi connectivity index (χ0v) is 18.7. The number of methoxy groups -OCH3 is 1. The van der Waals surface area contributed by atoms with Crippen LogP contribution < -0.4 is 9.47 Å². The molecule has 0 spiro atoms. The van der Waals surface area contributed by atoms with Gasteiger partial charge in [-0.1, -0.05) is 42.5 Å². The SMILES string of the molecule is COc1ccc(/C(=C(\c2ccccc2)[N+](=O)[O-])c2ccc(OCCCN(C)C)cc2)cc1. The molecule has 0 fully saturated rings. The summed E-state index contributed by atoms with van der Waals surface area (Å²) in [4.78, 5) is 14.0. The lowest BCUT2D eigenvalue weighted by Gasteiger charge is -2.13. The Hall–Kier alpha value is -3.64. The Kier molecular flexibility index (Phi) is 8.00. The topological polar surface area (TPSA) is 64.8 Å². The summed E-state index contributed by atoms with van der Waals surface area (Å²) >= 11 is 0. The monoisotopic (exact) mass is 432 g/mol. The zero-order valence-electron chi connectivity index (χ0n) is 18.7. The maximum absolute atomic E-state index is 12.2. The number of ether oxygens (including phenoxy) is 2. The lowest BCUT2D eigenvalue weighted by molar-refractivity contribution is -0.374. The number of nitro groups is 1. The van der Waals surface area contributed by atoms with Crippen LogP contribution in [-0.2, 0) is 0 Å². The first-order chi connectivity index (χ1) is 15.5. The number of hydrogen-bond donors (Lipinski definition) is 0. The van der Waals surface area contributed by atoms with Gasteiger partial charge in [0, 0.05) is 6.54 Å². The molecule has 0 aliphatic carbocycles. The zero-order chi connectivity index (χ0) is 22.9. The van der Waals surface area contributed by atoms with E-state index < -0.39 is 0 Å². The molecule has 32 heavy (non-hydrogen) atoms. The van der Waals surface area contributed by atoms with Crippen LogP contribution in [0.15, 0.2) is 78.9 Å². The van der Waals surface area contributed by atoms with Gasteiger partial charge in [0.05, 0.1) is 29.8 Å². The molecule has 0 saturated heterocycles. The molecule has 0 amide bonds. The van der Waals surface area contributed by atoms with Crippen molar-refractivity contribution in [3.8, 4) is 11.5 Å². The van der Waals surface area contributed by atoms with Gasteiger partial charge in [-0.2, -0.15) is 0 Å². The molecule has 3 aromatic carbocycles. The first-order valence-corrected chi connectivity index (χ1v) is 10.5. The molecular formula is C26H28N2O4. The highest BCUT2D eigenvalue weighted by atomic mass is 16.6. The van der Waals surface area contributed by atoms with Gasteiger partial charge in [0.1, 0.15) is 11.5 Å². The fraction of sp³-hybridized carbons (Fsp3) is 0.231. The number of benzene rings is 3. The van der Waals surface area contributed by atoms with Crippen molar-refractivity contribution >= 4 is 11.3 Å². The Morgan fingerprint density at radius 3 is 1.91 bits per heavy atom. The predicted octanol–water partition coefficient (Wildman–Crippen LogP) is 5.22. The number of rotatable bonds is 10. The highest BCUT2D eigenvalue weighted by Gasteiger charge is 2.24. The minimum absolute atomic E-state index is 0.0513. The average molecular weight is 433 g/mol. The molecule has 0 unspecified atom stereocenters. The maximum Gasteiger partial charge on any atom is 0.284 e. The summed E-state index contributed by atoms with van der Waals surface area (Å²) in [7, 11) is 5.65. The molecule has 0 heterocycles. The summed E-state index contributed by atoms with van der Waals surface area (Å²) in [6.45, 7) is 1.56. The molecule has 0 bridgehead atoms. The quantitative estimate of drug-likeness (QED) is 0.190. The van der Waals surface area contributed by atoms with Crippen molar-refractivity contribution in [2.24, 2.45) is 0 Å². The van der Waals surface area contributed by atoms with E-state index in [-0.39, 0.29) is 10.6 Å². The highest BCUT2D eigenvalue weighted by molar-refractivity contribution is 5.95. The van der Waals surface area contributed by atoms with Crippen molar-refractivity contribution in [3.05, 3.63) is 106 Å². The van der Waals surface area contributed by atoms with E-state index in [1.807, 2.05) is 56.6 Å². The number of nitrogens with zero attached hydrogens (tertiary/aromatic N) is 2. The Morgan fingerprint density at radius 2 is 1.41 bits per heavy atom. The van der Waals surface area contributed by atoms with E-state index in [2.05, 4.69) is 4.90 Å². The third kappa shape index (κ3) is 5.95. The Bertz CT molecular complexity index is 1040. The molecule has 3 rings (SSSR count). The van der Waals surface area contributed by atoms with E-state index in [0.717, 1.165) is 29.8 Å². The molecule has 166 valence electrons. The normalized spacial score (nSPS) is 11.8. The van der Waals surface area contributed by atoms with Gasteiger partial charge in [0.15, 0.2) is 0 Å². The van der Waals surface area contributed by atoms with Crippen LogP contribution in [0, 0.1) is 10.1 Å². The largest absolute Gasteiger partial charge is 0.497 e. The van der Waals surface area contributed by atoms with Crippen LogP contribution >= 0.6 is 0 Å². The molecule has 0 radical (unpaired) electrons. The fourth-order valence-electron chi connectivity index (χ4n) is 3.42. The third-order valence-corrected chi connectivity index (χ3v) is 5.01. The Labute approximate surface area is 188 Å².